The van der Waals surface area contributed by atoms with E-state index in [1.807, 2.05) is 76.7 Å². The Bertz CT molecular complexity index is 1250. The third-order valence-corrected chi connectivity index (χ3v) is 4.54. The van der Waals surface area contributed by atoms with Crippen LogP contribution < -0.4 is 4.90 Å². The number of imidazole rings is 1. The number of rotatable bonds is 1. The van der Waals surface area contributed by atoms with Gasteiger partial charge in [0.25, 0.3) is 0 Å². The zero-order valence-electron chi connectivity index (χ0n) is 16.0. The van der Waals surface area contributed by atoms with Crippen LogP contribution in [0, 0.1) is 18.9 Å². The quantitative estimate of drug-likeness (QED) is 0.227. The fraction of sp³-hybridized carbons (Fsp3) is 0.0455. The van der Waals surface area contributed by atoms with Crippen LogP contribution in [0.4, 0.5) is 5.69 Å². The molecule has 0 fully saturated rings. The number of para-hydroxylation sites is 1. The second-order valence-corrected chi connectivity index (χ2v) is 6.44. The summed E-state index contributed by atoms with van der Waals surface area (Å²) in [6, 6.07) is 15.0. The molecular formula is C22H16IrN7. The van der Waals surface area contributed by atoms with E-state index < -0.39 is 0 Å². The number of anilines is 1. The van der Waals surface area contributed by atoms with Gasteiger partial charge < -0.3 is 24.2 Å². The van der Waals surface area contributed by atoms with Crippen molar-refractivity contribution in [3.63, 3.8) is 0 Å². The standard InChI is InChI=1S/C12H6N5.C10H10N2.Ir/c1-2-8-9-6-13-7-16-10(9)12-15-4-5-17(12)11(8)14-3-1;1-11-7-8-12(9-11)10-5-3-2-4-6-10;/h1-4,6-7H;2-5,7-9H,1H3;/q-1;-2;+3. The maximum atomic E-state index is 4.37. The van der Waals surface area contributed by atoms with Crippen molar-refractivity contribution < 1.29 is 20.1 Å². The summed E-state index contributed by atoms with van der Waals surface area (Å²) in [5, 5.41) is 1.97. The van der Waals surface area contributed by atoms with Crippen molar-refractivity contribution in [3.8, 4) is 0 Å². The van der Waals surface area contributed by atoms with Crippen LogP contribution in [0.15, 0.2) is 73.7 Å². The molecule has 0 aliphatic carbocycles. The smallest absolute Gasteiger partial charge is 0.510 e. The number of hydrogen-bond donors (Lipinski definition) is 0. The van der Waals surface area contributed by atoms with Crippen molar-refractivity contribution in [2.45, 2.75) is 0 Å². The molecule has 1 aliphatic rings. The first-order valence-corrected chi connectivity index (χ1v) is 9.03. The fourth-order valence-corrected chi connectivity index (χ4v) is 3.22. The van der Waals surface area contributed by atoms with E-state index in [1.54, 1.807) is 18.6 Å². The molecule has 0 spiro atoms. The third-order valence-electron chi connectivity index (χ3n) is 4.54. The molecule has 0 saturated heterocycles. The van der Waals surface area contributed by atoms with Crippen LogP contribution in [0.1, 0.15) is 0 Å². The molecule has 8 heteroatoms. The van der Waals surface area contributed by atoms with Gasteiger partial charge in [0.1, 0.15) is 6.33 Å². The summed E-state index contributed by atoms with van der Waals surface area (Å²) in [7, 11) is 2.00. The van der Waals surface area contributed by atoms with Gasteiger partial charge in [-0.05, 0) is 37.1 Å². The molecule has 30 heavy (non-hydrogen) atoms. The monoisotopic (exact) mass is 571 g/mol. The zero-order valence-corrected chi connectivity index (χ0v) is 18.4. The average Bonchev–Trinajstić information content (AvgIpc) is 3.45. The van der Waals surface area contributed by atoms with E-state index in [0.29, 0.717) is 0 Å². The molecule has 0 bridgehead atoms. The zero-order chi connectivity index (χ0) is 19.6. The summed E-state index contributed by atoms with van der Waals surface area (Å²) in [5.41, 5.74) is 3.47. The molecule has 5 aromatic rings. The predicted octanol–water partition coefficient (Wildman–Crippen LogP) is 3.45. The molecule has 1 aliphatic heterocycles. The number of nitrogens with zero attached hydrogens (tertiary/aromatic N) is 7. The van der Waals surface area contributed by atoms with Crippen molar-refractivity contribution in [2.24, 2.45) is 0 Å². The molecule has 4 aromatic heterocycles. The van der Waals surface area contributed by atoms with Gasteiger partial charge in [-0.2, -0.15) is 37.0 Å². The number of benzene rings is 1. The minimum absolute atomic E-state index is 0. The van der Waals surface area contributed by atoms with Gasteiger partial charge in [0.05, 0.1) is 11.2 Å². The summed E-state index contributed by atoms with van der Waals surface area (Å²) in [4.78, 5) is 21.0. The minimum Gasteiger partial charge on any atom is -0.510 e. The second-order valence-electron chi connectivity index (χ2n) is 6.44. The molecule has 0 saturated carbocycles. The Morgan fingerprint density at radius 3 is 2.70 bits per heavy atom. The van der Waals surface area contributed by atoms with Crippen molar-refractivity contribution in [1.29, 1.82) is 0 Å². The van der Waals surface area contributed by atoms with E-state index in [1.165, 1.54) is 6.33 Å². The van der Waals surface area contributed by atoms with E-state index in [4.69, 9.17) is 0 Å². The second kappa shape index (κ2) is 8.57. The molecule has 7 nitrogen and oxygen atoms in total. The first-order chi connectivity index (χ1) is 14.3. The SMILES string of the molecule is CN1C=CN(c2[c-]cccc2)[CH-]1.[Ir+3].[c-]1cnc2c3ncncc3c3cccnc3n12. The molecule has 0 unspecified atom stereocenters. The van der Waals surface area contributed by atoms with Crippen molar-refractivity contribution in [2.75, 3.05) is 11.9 Å². The maximum Gasteiger partial charge on any atom is 3.00 e. The molecule has 0 radical (unpaired) electrons. The van der Waals surface area contributed by atoms with E-state index >= 15 is 0 Å². The topological polar surface area (TPSA) is 62.5 Å². The normalized spacial score (nSPS) is 12.8. The summed E-state index contributed by atoms with van der Waals surface area (Å²) < 4.78 is 1.82. The first kappa shape index (κ1) is 19.9. The molecule has 0 amide bonds. The fourth-order valence-electron chi connectivity index (χ4n) is 3.22. The van der Waals surface area contributed by atoms with Gasteiger partial charge in [-0.15, -0.1) is 5.69 Å². The number of hydrogen-bond acceptors (Lipinski definition) is 6. The van der Waals surface area contributed by atoms with Gasteiger partial charge in [-0.1, -0.05) is 12.3 Å². The third kappa shape index (κ3) is 3.63. The molecule has 0 atom stereocenters. The van der Waals surface area contributed by atoms with Crippen molar-refractivity contribution >= 4 is 33.3 Å². The number of fused-ring (bicyclic) bond motifs is 6. The minimum atomic E-state index is 0. The maximum absolute atomic E-state index is 4.37. The summed E-state index contributed by atoms with van der Waals surface area (Å²) >= 11 is 0. The Kier molecular flexibility index (Phi) is 5.70. The van der Waals surface area contributed by atoms with Gasteiger partial charge in [0.15, 0.2) is 0 Å². The summed E-state index contributed by atoms with van der Waals surface area (Å²) in [5.74, 6) is 0. The van der Waals surface area contributed by atoms with Crippen LogP contribution in [0.5, 0.6) is 0 Å². The largest absolute Gasteiger partial charge is 3.00 e. The Balaban J connectivity index is 0.000000149. The first-order valence-electron chi connectivity index (χ1n) is 9.03. The van der Waals surface area contributed by atoms with Gasteiger partial charge in [0, 0.05) is 23.4 Å². The Hall–Kier alpha value is -3.35. The molecule has 0 N–H and O–H groups in total. The van der Waals surface area contributed by atoms with Crippen LogP contribution in [-0.4, -0.2) is 36.3 Å². The van der Waals surface area contributed by atoms with Crippen LogP contribution in [0.3, 0.4) is 0 Å². The van der Waals surface area contributed by atoms with Crippen LogP contribution in [-0.2, 0) is 20.1 Å². The Morgan fingerprint density at radius 1 is 0.967 bits per heavy atom. The Labute approximate surface area is 187 Å². The van der Waals surface area contributed by atoms with Gasteiger partial charge in [0.2, 0.25) is 0 Å². The molecule has 6 rings (SSSR count). The molecule has 148 valence electrons. The van der Waals surface area contributed by atoms with Gasteiger partial charge >= 0.3 is 20.1 Å². The predicted molar refractivity (Wildman–Crippen MR) is 111 cm³/mol. The van der Waals surface area contributed by atoms with Crippen LogP contribution in [0.2, 0.25) is 0 Å². The van der Waals surface area contributed by atoms with Gasteiger partial charge in [-0.3, -0.25) is 0 Å². The average molecular weight is 571 g/mol. The van der Waals surface area contributed by atoms with Crippen LogP contribution in [0.25, 0.3) is 27.6 Å². The number of aromatic nitrogens is 5. The van der Waals surface area contributed by atoms with Crippen LogP contribution >= 0.6 is 0 Å². The molecule has 5 heterocycles. The van der Waals surface area contributed by atoms with Crippen molar-refractivity contribution in [3.05, 3.63) is 92.6 Å². The Morgan fingerprint density at radius 2 is 1.90 bits per heavy atom. The van der Waals surface area contributed by atoms with Crippen molar-refractivity contribution in [1.82, 2.24) is 29.2 Å². The van der Waals surface area contributed by atoms with E-state index in [2.05, 4.69) is 32.2 Å². The van der Waals surface area contributed by atoms with E-state index in [0.717, 1.165) is 33.3 Å². The molecular weight excluding hydrogens is 555 g/mol. The van der Waals surface area contributed by atoms with Gasteiger partial charge in [-0.25, -0.2) is 9.97 Å². The number of pyridine rings is 2. The summed E-state index contributed by atoms with van der Waals surface area (Å²) in [6.45, 7) is 2.01. The molecule has 1 aromatic carbocycles. The van der Waals surface area contributed by atoms with E-state index in [-0.39, 0.29) is 20.1 Å². The van der Waals surface area contributed by atoms with E-state index in [9.17, 15) is 0 Å². The summed E-state index contributed by atoms with van der Waals surface area (Å²) in [6.07, 6.45) is 13.7.